The molecule has 0 aromatic heterocycles. The van der Waals surface area contributed by atoms with Crippen LogP contribution < -0.4 is 9.47 Å². The Kier molecular flexibility index (Phi) is 5.01. The minimum Gasteiger partial charge on any atom is -0.449 e. The van der Waals surface area contributed by atoms with Crippen LogP contribution in [0.3, 0.4) is 0 Å². The van der Waals surface area contributed by atoms with Gasteiger partial charge in [-0.2, -0.15) is 0 Å². The molecular weight excluding hydrogens is 254 g/mol. The van der Waals surface area contributed by atoms with Gasteiger partial charge in [-0.25, -0.2) is 0 Å². The number of fused-ring (bicyclic) bond motifs is 2. The second-order valence-corrected chi connectivity index (χ2v) is 5.32. The lowest BCUT2D eigenvalue weighted by molar-refractivity contribution is -0.132. The van der Waals surface area contributed by atoms with Crippen LogP contribution in [0, 0.1) is 0 Å². The monoisotopic (exact) mass is 277 g/mol. The maximum absolute atomic E-state index is 10.5. The Morgan fingerprint density at radius 1 is 1.40 bits per heavy atom. The van der Waals surface area contributed by atoms with E-state index in [4.69, 9.17) is 9.47 Å². The Balaban J connectivity index is 0.000000151. The summed E-state index contributed by atoms with van der Waals surface area (Å²) >= 11 is 0. The van der Waals surface area contributed by atoms with Crippen molar-refractivity contribution in [2.24, 2.45) is 0 Å². The van der Waals surface area contributed by atoms with Crippen molar-refractivity contribution in [3.8, 4) is 17.2 Å². The second kappa shape index (κ2) is 6.75. The molecule has 0 saturated carbocycles. The first kappa shape index (κ1) is 14.9. The highest BCUT2D eigenvalue weighted by atomic mass is 16.6. The van der Waals surface area contributed by atoms with Gasteiger partial charge >= 0.3 is 5.97 Å². The maximum Gasteiger partial charge on any atom is 0.308 e. The van der Waals surface area contributed by atoms with Crippen LogP contribution in [-0.2, 0) is 4.79 Å². The molecule has 0 spiro atoms. The third kappa shape index (κ3) is 3.51. The van der Waals surface area contributed by atoms with Crippen LogP contribution in [0.2, 0.25) is 0 Å². The number of hydrogen-bond donors (Lipinski definition) is 0. The zero-order valence-electron chi connectivity index (χ0n) is 12.5. The van der Waals surface area contributed by atoms with Gasteiger partial charge in [0.25, 0.3) is 0 Å². The standard InChI is InChI=1S/C8H17N.C8H6O3/c1-3-8-6-4-5-7-9(8)2;1-5(9)10-8-6-3-2-4-7(8)11-6/h8H,3-7H2,1-2H3;2-4H,1H3. The molecule has 4 nitrogen and oxygen atoms in total. The third-order valence-corrected chi connectivity index (χ3v) is 3.80. The number of hydrogen-bond acceptors (Lipinski definition) is 4. The zero-order chi connectivity index (χ0) is 14.5. The summed E-state index contributed by atoms with van der Waals surface area (Å²) in [6.07, 6.45) is 5.61. The lowest BCUT2D eigenvalue weighted by atomic mass is 10.0. The summed E-state index contributed by atoms with van der Waals surface area (Å²) in [4.78, 5) is 13.0. The SMILES string of the molecule is CC(=O)Oc1c2cccc1O2.CCC1CCCCN1C. The average Bonchev–Trinajstić information content (AvgIpc) is 2.46. The van der Waals surface area contributed by atoms with E-state index in [1.807, 2.05) is 6.07 Å². The first-order chi connectivity index (χ1) is 9.61. The van der Waals surface area contributed by atoms with Gasteiger partial charge in [0.15, 0.2) is 11.5 Å². The van der Waals surface area contributed by atoms with Crippen LogP contribution in [-0.4, -0.2) is 30.5 Å². The highest BCUT2D eigenvalue weighted by Gasteiger charge is 2.23. The fraction of sp³-hybridized carbons (Fsp3) is 0.562. The number of benzene rings is 1. The van der Waals surface area contributed by atoms with Gasteiger partial charge in [0.2, 0.25) is 5.75 Å². The lowest BCUT2D eigenvalue weighted by Gasteiger charge is -2.31. The molecule has 1 fully saturated rings. The van der Waals surface area contributed by atoms with Gasteiger partial charge < -0.3 is 14.4 Å². The maximum atomic E-state index is 10.5. The summed E-state index contributed by atoms with van der Waals surface area (Å²) in [5.41, 5.74) is 0. The molecule has 3 aliphatic heterocycles. The van der Waals surface area contributed by atoms with Crippen LogP contribution in [0.4, 0.5) is 0 Å². The number of rotatable bonds is 2. The van der Waals surface area contributed by atoms with Gasteiger partial charge in [-0.05, 0) is 45.0 Å². The third-order valence-electron chi connectivity index (χ3n) is 3.80. The highest BCUT2D eigenvalue weighted by molar-refractivity contribution is 5.74. The fourth-order valence-electron chi connectivity index (χ4n) is 2.63. The van der Waals surface area contributed by atoms with Crippen molar-refractivity contribution in [2.45, 2.75) is 45.6 Å². The summed E-state index contributed by atoms with van der Waals surface area (Å²) in [6.45, 7) is 4.97. The molecule has 1 aromatic rings. The molecule has 1 unspecified atom stereocenters. The molecule has 1 atom stereocenters. The molecule has 3 heterocycles. The molecule has 4 rings (SSSR count). The Bertz CT molecular complexity index is 453. The van der Waals surface area contributed by atoms with Gasteiger partial charge in [-0.15, -0.1) is 0 Å². The number of likely N-dealkylation sites (tertiary alicyclic amines) is 1. The van der Waals surface area contributed by atoms with Crippen molar-refractivity contribution in [3.05, 3.63) is 18.2 Å². The van der Waals surface area contributed by atoms with Crippen LogP contribution in [0.15, 0.2) is 18.2 Å². The van der Waals surface area contributed by atoms with Crippen molar-refractivity contribution in [3.63, 3.8) is 0 Å². The lowest BCUT2D eigenvalue weighted by Crippen LogP contribution is -2.35. The van der Waals surface area contributed by atoms with Crippen LogP contribution in [0.5, 0.6) is 17.2 Å². The topological polar surface area (TPSA) is 38.8 Å². The second-order valence-electron chi connectivity index (χ2n) is 5.32. The first-order valence-electron chi connectivity index (χ1n) is 7.31. The molecule has 3 aliphatic rings. The molecule has 0 radical (unpaired) electrons. The molecule has 2 bridgehead atoms. The molecule has 0 N–H and O–H groups in total. The molecule has 20 heavy (non-hydrogen) atoms. The summed E-state index contributed by atoms with van der Waals surface area (Å²) < 4.78 is 9.91. The van der Waals surface area contributed by atoms with Crippen LogP contribution in [0.1, 0.15) is 39.5 Å². The predicted octanol–water partition coefficient (Wildman–Crippen LogP) is 3.60. The molecule has 1 saturated heterocycles. The van der Waals surface area contributed by atoms with E-state index >= 15 is 0 Å². The average molecular weight is 277 g/mol. The fourth-order valence-corrected chi connectivity index (χ4v) is 2.63. The summed E-state index contributed by atoms with van der Waals surface area (Å²) in [7, 11) is 2.24. The number of para-hydroxylation sites is 1. The summed E-state index contributed by atoms with van der Waals surface area (Å²) in [6, 6.07) is 6.25. The Labute approximate surface area is 120 Å². The Morgan fingerprint density at radius 3 is 2.55 bits per heavy atom. The highest BCUT2D eigenvalue weighted by Crippen LogP contribution is 2.49. The van der Waals surface area contributed by atoms with E-state index < -0.39 is 0 Å². The Morgan fingerprint density at radius 2 is 2.10 bits per heavy atom. The molecule has 1 aromatic carbocycles. The van der Waals surface area contributed by atoms with E-state index in [2.05, 4.69) is 18.9 Å². The smallest absolute Gasteiger partial charge is 0.308 e. The number of carbonyl (C=O) groups excluding carboxylic acids is 1. The van der Waals surface area contributed by atoms with Gasteiger partial charge in [0.05, 0.1) is 0 Å². The van der Waals surface area contributed by atoms with E-state index in [-0.39, 0.29) is 5.97 Å². The van der Waals surface area contributed by atoms with E-state index in [1.54, 1.807) is 12.1 Å². The van der Waals surface area contributed by atoms with Gasteiger partial charge in [-0.1, -0.05) is 19.4 Å². The zero-order valence-corrected chi connectivity index (χ0v) is 12.5. The van der Waals surface area contributed by atoms with E-state index in [9.17, 15) is 4.79 Å². The van der Waals surface area contributed by atoms with Crippen LogP contribution in [0.25, 0.3) is 0 Å². The molecule has 110 valence electrons. The van der Waals surface area contributed by atoms with Gasteiger partial charge in [0, 0.05) is 13.0 Å². The van der Waals surface area contributed by atoms with Crippen molar-refractivity contribution in [2.75, 3.05) is 13.6 Å². The Hall–Kier alpha value is -1.55. The number of piperidine rings is 1. The van der Waals surface area contributed by atoms with E-state index in [1.165, 1.54) is 39.2 Å². The number of esters is 1. The minimum absolute atomic E-state index is 0.318. The largest absolute Gasteiger partial charge is 0.449 e. The quantitative estimate of drug-likeness (QED) is 0.621. The van der Waals surface area contributed by atoms with Crippen molar-refractivity contribution in [1.29, 1.82) is 0 Å². The van der Waals surface area contributed by atoms with Gasteiger partial charge in [-0.3, -0.25) is 4.79 Å². The number of ether oxygens (including phenoxy) is 2. The van der Waals surface area contributed by atoms with Crippen molar-refractivity contribution >= 4 is 5.97 Å². The normalized spacial score (nSPS) is 20.1. The van der Waals surface area contributed by atoms with Gasteiger partial charge in [0.1, 0.15) is 0 Å². The molecule has 0 aliphatic carbocycles. The van der Waals surface area contributed by atoms with Crippen molar-refractivity contribution < 1.29 is 14.3 Å². The minimum atomic E-state index is -0.318. The summed E-state index contributed by atoms with van der Waals surface area (Å²) in [5.74, 6) is 1.51. The van der Waals surface area contributed by atoms with Crippen LogP contribution >= 0.6 is 0 Å². The molecule has 0 amide bonds. The summed E-state index contributed by atoms with van der Waals surface area (Å²) in [5, 5.41) is 0. The number of nitrogens with zero attached hydrogens (tertiary/aromatic N) is 1. The predicted molar refractivity (Wildman–Crippen MR) is 78.4 cm³/mol. The molecule has 4 heteroatoms. The van der Waals surface area contributed by atoms with Crippen molar-refractivity contribution in [1.82, 2.24) is 4.90 Å². The molecular formula is C16H23NO3. The number of carbonyl (C=O) groups is 1. The first-order valence-corrected chi connectivity index (χ1v) is 7.31. The van der Waals surface area contributed by atoms with E-state index in [0.717, 1.165) is 6.04 Å². The van der Waals surface area contributed by atoms with E-state index in [0.29, 0.717) is 17.2 Å².